The van der Waals surface area contributed by atoms with Crippen molar-refractivity contribution in [3.8, 4) is 34.2 Å². The summed E-state index contributed by atoms with van der Waals surface area (Å²) >= 11 is 1.41. The van der Waals surface area contributed by atoms with Crippen LogP contribution in [0.15, 0.2) is 29.8 Å². The molecule has 1 atom stereocenters. The van der Waals surface area contributed by atoms with Gasteiger partial charge in [0.2, 0.25) is 0 Å². The lowest BCUT2D eigenvalue weighted by Crippen LogP contribution is -2.22. The molecule has 0 aromatic carbocycles. The minimum Gasteiger partial charge on any atom is -0.398 e. The molecule has 0 aliphatic carbocycles. The van der Waals surface area contributed by atoms with Gasteiger partial charge in [-0.25, -0.2) is 15.0 Å². The molecule has 1 fully saturated rings. The Bertz CT molecular complexity index is 1110. The molecule has 0 radical (unpaired) electrons. The Kier molecular flexibility index (Phi) is 4.62. The highest BCUT2D eigenvalue weighted by atomic mass is 32.1. The topological polar surface area (TPSA) is 136 Å². The van der Waals surface area contributed by atoms with Crippen LogP contribution in [0.3, 0.4) is 0 Å². The van der Waals surface area contributed by atoms with E-state index in [1.807, 2.05) is 10.3 Å². The molecule has 0 amide bonds. The van der Waals surface area contributed by atoms with E-state index in [0.29, 0.717) is 53.0 Å². The summed E-state index contributed by atoms with van der Waals surface area (Å²) in [5.74, 6) is 0.564. The van der Waals surface area contributed by atoms with E-state index < -0.39 is 6.10 Å². The number of nitrogens with zero attached hydrogens (tertiary/aromatic N) is 6. The van der Waals surface area contributed by atoms with Crippen LogP contribution >= 0.6 is 11.3 Å². The van der Waals surface area contributed by atoms with Crippen LogP contribution in [0, 0.1) is 22.7 Å². The van der Waals surface area contributed by atoms with Crippen LogP contribution in [0.2, 0.25) is 0 Å². The number of nitriles is 2. The van der Waals surface area contributed by atoms with E-state index in [9.17, 15) is 15.6 Å². The molecule has 4 heterocycles. The third-order valence-electron chi connectivity index (χ3n) is 4.48. The van der Waals surface area contributed by atoms with Crippen LogP contribution < -0.4 is 10.6 Å². The van der Waals surface area contributed by atoms with E-state index in [-0.39, 0.29) is 11.3 Å². The molecule has 9 heteroatoms. The van der Waals surface area contributed by atoms with Crippen LogP contribution in [-0.2, 0) is 0 Å². The van der Waals surface area contributed by atoms with E-state index in [2.05, 4.69) is 27.1 Å². The molecular weight excluding hydrogens is 374 g/mol. The third-order valence-corrected chi connectivity index (χ3v) is 5.28. The van der Waals surface area contributed by atoms with Gasteiger partial charge < -0.3 is 15.7 Å². The van der Waals surface area contributed by atoms with Crippen molar-refractivity contribution in [1.29, 1.82) is 10.5 Å². The molecule has 0 spiro atoms. The van der Waals surface area contributed by atoms with Crippen molar-refractivity contribution in [2.75, 3.05) is 23.7 Å². The van der Waals surface area contributed by atoms with Gasteiger partial charge in [0, 0.05) is 24.7 Å². The summed E-state index contributed by atoms with van der Waals surface area (Å²) in [5.41, 5.74) is 8.22. The lowest BCUT2D eigenvalue weighted by atomic mass is 10.1. The van der Waals surface area contributed by atoms with E-state index in [4.69, 9.17) is 5.73 Å². The summed E-state index contributed by atoms with van der Waals surface area (Å²) in [7, 11) is 0. The Labute approximate surface area is 165 Å². The lowest BCUT2D eigenvalue weighted by molar-refractivity contribution is 0.198. The molecule has 138 valence electrons. The number of β-amino-alcohol motifs (C(OH)–C–C–N with tert-alkyl or cyclic N) is 1. The maximum absolute atomic E-state index is 9.82. The fraction of sp³-hybridized carbons (Fsp3) is 0.211. The number of anilines is 2. The number of nitrogens with two attached hydrogens (primary N) is 1. The number of hydrogen-bond acceptors (Lipinski definition) is 9. The number of aliphatic hydroxyl groups excluding tert-OH is 1. The predicted molar refractivity (Wildman–Crippen MR) is 105 cm³/mol. The first-order valence-corrected chi connectivity index (χ1v) is 9.43. The second-order valence-corrected chi connectivity index (χ2v) is 7.26. The zero-order valence-corrected chi connectivity index (χ0v) is 15.5. The first-order chi connectivity index (χ1) is 13.6. The predicted octanol–water partition coefficient (Wildman–Crippen LogP) is 2.16. The molecule has 3 aromatic rings. The molecule has 1 aliphatic rings. The quantitative estimate of drug-likeness (QED) is 0.695. The van der Waals surface area contributed by atoms with Crippen molar-refractivity contribution in [3.63, 3.8) is 0 Å². The summed E-state index contributed by atoms with van der Waals surface area (Å²) in [5, 5.41) is 31.4. The summed E-state index contributed by atoms with van der Waals surface area (Å²) < 4.78 is 0. The van der Waals surface area contributed by atoms with Crippen molar-refractivity contribution in [1.82, 2.24) is 15.0 Å². The van der Waals surface area contributed by atoms with Gasteiger partial charge in [-0.15, -0.1) is 11.3 Å². The number of thiazole rings is 1. The van der Waals surface area contributed by atoms with Crippen molar-refractivity contribution in [2.24, 2.45) is 0 Å². The first kappa shape index (κ1) is 17.9. The van der Waals surface area contributed by atoms with Crippen LogP contribution in [-0.4, -0.2) is 39.3 Å². The Balaban J connectivity index is 1.88. The van der Waals surface area contributed by atoms with Crippen molar-refractivity contribution in [3.05, 3.63) is 40.9 Å². The average molecular weight is 389 g/mol. The van der Waals surface area contributed by atoms with Gasteiger partial charge in [0.25, 0.3) is 0 Å². The summed E-state index contributed by atoms with van der Waals surface area (Å²) in [4.78, 5) is 15.4. The van der Waals surface area contributed by atoms with Crippen LogP contribution in [0.1, 0.15) is 17.5 Å². The largest absolute Gasteiger partial charge is 0.398 e. The van der Waals surface area contributed by atoms with Gasteiger partial charge in [-0.2, -0.15) is 10.5 Å². The van der Waals surface area contributed by atoms with Crippen LogP contribution in [0.4, 0.5) is 11.5 Å². The fourth-order valence-corrected chi connectivity index (χ4v) is 3.74. The second-order valence-electron chi connectivity index (χ2n) is 6.37. The highest BCUT2D eigenvalue weighted by Crippen LogP contribution is 2.32. The van der Waals surface area contributed by atoms with Gasteiger partial charge in [0.15, 0.2) is 0 Å². The smallest absolute Gasteiger partial charge is 0.141 e. The minimum absolute atomic E-state index is 0.204. The highest BCUT2D eigenvalue weighted by molar-refractivity contribution is 7.13. The average Bonchev–Trinajstić information content (AvgIpc) is 3.39. The molecule has 3 aromatic heterocycles. The fourth-order valence-electron chi connectivity index (χ4n) is 3.14. The standard InChI is InChI=1S/C19H15N7OS/c20-8-11-5-15(24-17(6-11)26-3-1-12(27)10-26)18-13(9-21)14(22)7-16(25-18)19-23-2-4-28-19/h2,4-7,12,27H,1,3,10H2,(H2,22,25)/t12-/m1/s1. The number of aliphatic hydroxyl groups is 1. The van der Waals surface area contributed by atoms with Crippen molar-refractivity contribution < 1.29 is 5.11 Å². The highest BCUT2D eigenvalue weighted by Gasteiger charge is 2.23. The van der Waals surface area contributed by atoms with Crippen LogP contribution in [0.5, 0.6) is 0 Å². The van der Waals surface area contributed by atoms with Gasteiger partial charge in [0.05, 0.1) is 29.1 Å². The van der Waals surface area contributed by atoms with Crippen molar-refractivity contribution in [2.45, 2.75) is 12.5 Å². The van der Waals surface area contributed by atoms with Gasteiger partial charge in [-0.1, -0.05) is 0 Å². The molecule has 28 heavy (non-hydrogen) atoms. The maximum atomic E-state index is 9.82. The zero-order valence-electron chi connectivity index (χ0n) is 14.7. The van der Waals surface area contributed by atoms with E-state index >= 15 is 0 Å². The molecule has 4 rings (SSSR count). The van der Waals surface area contributed by atoms with Gasteiger partial charge in [-0.3, -0.25) is 0 Å². The van der Waals surface area contributed by atoms with Crippen molar-refractivity contribution >= 4 is 22.8 Å². The Morgan fingerprint density at radius 3 is 2.68 bits per heavy atom. The molecule has 3 N–H and O–H groups in total. The molecule has 1 aliphatic heterocycles. The van der Waals surface area contributed by atoms with Gasteiger partial charge in [-0.05, 0) is 24.6 Å². The Morgan fingerprint density at radius 1 is 1.18 bits per heavy atom. The molecule has 0 saturated carbocycles. The number of aromatic nitrogens is 3. The minimum atomic E-state index is -0.423. The number of hydrogen-bond donors (Lipinski definition) is 2. The van der Waals surface area contributed by atoms with Gasteiger partial charge in [0.1, 0.15) is 33.8 Å². The zero-order chi connectivity index (χ0) is 19.7. The molecule has 1 saturated heterocycles. The summed E-state index contributed by atoms with van der Waals surface area (Å²) in [6.07, 6.45) is 1.89. The normalized spacial score (nSPS) is 16.0. The monoisotopic (exact) mass is 389 g/mol. The first-order valence-electron chi connectivity index (χ1n) is 8.55. The Morgan fingerprint density at radius 2 is 2.04 bits per heavy atom. The summed E-state index contributed by atoms with van der Waals surface area (Å²) in [6.45, 7) is 1.09. The number of pyridine rings is 2. The SMILES string of the molecule is N#Cc1cc(-c2nc(-c3nccs3)cc(N)c2C#N)nc(N2CC[C@@H](O)C2)c1. The third kappa shape index (κ3) is 3.25. The summed E-state index contributed by atoms with van der Waals surface area (Å²) in [6, 6.07) is 9.09. The molecule has 8 nitrogen and oxygen atoms in total. The molecule has 0 bridgehead atoms. The number of rotatable bonds is 3. The Hall–Kier alpha value is -3.53. The number of nitrogen functional groups attached to an aromatic ring is 1. The second kappa shape index (κ2) is 7.24. The van der Waals surface area contributed by atoms with E-state index in [1.165, 1.54) is 11.3 Å². The molecular formula is C19H15N7OS. The maximum Gasteiger partial charge on any atom is 0.141 e. The molecule has 0 unspecified atom stereocenters. The van der Waals surface area contributed by atoms with E-state index in [0.717, 1.165) is 0 Å². The van der Waals surface area contributed by atoms with Gasteiger partial charge >= 0.3 is 0 Å². The lowest BCUT2D eigenvalue weighted by Gasteiger charge is -2.18. The van der Waals surface area contributed by atoms with Crippen LogP contribution in [0.25, 0.3) is 22.1 Å². The van der Waals surface area contributed by atoms with E-state index in [1.54, 1.807) is 24.4 Å².